The van der Waals surface area contributed by atoms with Crippen LogP contribution in [-0.2, 0) is 9.31 Å². The van der Waals surface area contributed by atoms with Crippen molar-refractivity contribution in [1.29, 1.82) is 0 Å². The third kappa shape index (κ3) is 5.63. The summed E-state index contributed by atoms with van der Waals surface area (Å²) in [6, 6.07) is 11.3. The summed E-state index contributed by atoms with van der Waals surface area (Å²) in [6.07, 6.45) is 7.12. The number of allylic oxidation sites excluding steroid dienone is 4. The van der Waals surface area contributed by atoms with E-state index in [1.165, 1.54) is 0 Å². The summed E-state index contributed by atoms with van der Waals surface area (Å²) in [6.45, 7) is 8.08. The van der Waals surface area contributed by atoms with Crippen LogP contribution in [0.25, 0.3) is 11.1 Å². The average molecular weight is 556 g/mol. The molecule has 0 spiro atoms. The second kappa shape index (κ2) is 10.9. The fourth-order valence-corrected chi connectivity index (χ4v) is 6.02. The first-order valence-electron chi connectivity index (χ1n) is 14.2. The van der Waals surface area contributed by atoms with Gasteiger partial charge in [-0.2, -0.15) is 0 Å². The van der Waals surface area contributed by atoms with Crippen LogP contribution < -0.4 is 0 Å². The van der Waals surface area contributed by atoms with Gasteiger partial charge in [0.1, 0.15) is 0 Å². The minimum absolute atomic E-state index is 0.0547. The molecule has 0 radical (unpaired) electrons. The summed E-state index contributed by atoms with van der Waals surface area (Å²) in [4.78, 5) is 0. The molecule has 0 N–H and O–H groups in total. The van der Waals surface area contributed by atoms with Crippen LogP contribution in [-0.4, -0.2) is 25.8 Å². The van der Waals surface area contributed by atoms with Crippen LogP contribution in [0.15, 0.2) is 60.1 Å². The predicted octanol–water partition coefficient (Wildman–Crippen LogP) is 8.85. The van der Waals surface area contributed by atoms with Crippen molar-refractivity contribution in [2.75, 3.05) is 0 Å². The Labute approximate surface area is 232 Å². The molecule has 10 heteroatoms. The van der Waals surface area contributed by atoms with E-state index in [1.807, 2.05) is 38.1 Å². The maximum absolute atomic E-state index is 14.3. The Hall–Kier alpha value is -3.29. The molecule has 212 valence electrons. The van der Waals surface area contributed by atoms with Crippen LogP contribution in [0.1, 0.15) is 103 Å². The molecule has 3 aliphatic rings. The number of carbonyl (C=O) groups excluding carboxylic acids is 2. The van der Waals surface area contributed by atoms with Crippen molar-refractivity contribution in [2.45, 2.75) is 72.1 Å². The van der Waals surface area contributed by atoms with Crippen LogP contribution in [0.5, 0.6) is 0 Å². The largest absolute Gasteiger partial charge is 0.994 e. The van der Waals surface area contributed by atoms with Gasteiger partial charge in [-0.25, -0.2) is 0 Å². The number of rotatable bonds is 9. The number of hydrogen-bond donors (Lipinski definition) is 0. The van der Waals surface area contributed by atoms with Crippen LogP contribution in [0.4, 0.5) is 17.3 Å². The Balaban J connectivity index is 1.59. The van der Waals surface area contributed by atoms with E-state index in [0.717, 1.165) is 35.1 Å². The Morgan fingerprint density at radius 3 is 1.57 bits per heavy atom. The van der Waals surface area contributed by atoms with Crippen LogP contribution in [0.2, 0.25) is 0 Å². The fraction of sp³-hybridized carbons (Fsp3) is 0.400. The SMILES string of the molecule is CCCC1=CC(c2ccc3c(c2)C(C(C)CCC)c2cc(C4=[O+][B-](F)(F)OC(CCC)=C4)ccc2-3)=[O+][B-](F)(F)O1. The third-order valence-electron chi connectivity index (χ3n) is 7.63. The molecule has 0 saturated heterocycles. The van der Waals surface area contributed by atoms with Crippen LogP contribution >= 0.6 is 0 Å². The zero-order valence-corrected chi connectivity index (χ0v) is 23.3. The molecule has 5 rings (SSSR count). The Bertz CT molecular complexity index is 1330. The summed E-state index contributed by atoms with van der Waals surface area (Å²) in [5, 5.41) is 0. The van der Waals surface area contributed by atoms with Gasteiger partial charge in [0, 0.05) is 18.8 Å². The molecule has 1 aliphatic carbocycles. The zero-order valence-electron chi connectivity index (χ0n) is 23.3. The maximum Gasteiger partial charge on any atom is 0.994 e. The van der Waals surface area contributed by atoms with E-state index in [2.05, 4.69) is 13.8 Å². The lowest BCUT2D eigenvalue weighted by atomic mass is 9.81. The summed E-state index contributed by atoms with van der Waals surface area (Å²) < 4.78 is 76.9. The third-order valence-corrected chi connectivity index (χ3v) is 7.63. The summed E-state index contributed by atoms with van der Waals surface area (Å²) >= 11 is 0. The first kappa shape index (κ1) is 28.2. The molecule has 2 aliphatic heterocycles. The van der Waals surface area contributed by atoms with Gasteiger partial charge in [-0.05, 0) is 65.3 Å². The van der Waals surface area contributed by atoms with E-state index in [0.29, 0.717) is 36.8 Å². The predicted molar refractivity (Wildman–Crippen MR) is 151 cm³/mol. The van der Waals surface area contributed by atoms with Gasteiger partial charge in [0.15, 0.2) is 0 Å². The van der Waals surface area contributed by atoms with Gasteiger partial charge < -0.3 is 35.3 Å². The van der Waals surface area contributed by atoms with Gasteiger partial charge in [-0.3, -0.25) is 0 Å². The van der Waals surface area contributed by atoms with Crippen molar-refractivity contribution < 1.29 is 35.3 Å². The Morgan fingerprint density at radius 2 is 1.18 bits per heavy atom. The van der Waals surface area contributed by atoms with Crippen molar-refractivity contribution in [2.24, 2.45) is 5.92 Å². The van der Waals surface area contributed by atoms with Crippen molar-refractivity contribution in [1.82, 2.24) is 0 Å². The highest BCUT2D eigenvalue weighted by Gasteiger charge is 2.54. The summed E-state index contributed by atoms with van der Waals surface area (Å²) in [5.74, 6) is 0.753. The molecule has 0 saturated carbocycles. The van der Waals surface area contributed by atoms with E-state index < -0.39 is 14.2 Å². The molecular formula is C30H34B2F4O4. The van der Waals surface area contributed by atoms with Gasteiger partial charge in [0.05, 0.1) is 34.8 Å². The van der Waals surface area contributed by atoms with Crippen molar-refractivity contribution in [3.8, 4) is 11.1 Å². The molecule has 0 aromatic heterocycles. The van der Waals surface area contributed by atoms with Crippen molar-refractivity contribution >= 4 is 25.8 Å². The minimum Gasteiger partial charge on any atom is -0.572 e. The number of fused-ring (bicyclic) bond motifs is 3. The van der Waals surface area contributed by atoms with Crippen LogP contribution in [0.3, 0.4) is 0 Å². The second-order valence-corrected chi connectivity index (χ2v) is 10.8. The summed E-state index contributed by atoms with van der Waals surface area (Å²) in [7, 11) is -8.91. The Morgan fingerprint density at radius 1 is 0.725 bits per heavy atom. The fourth-order valence-electron chi connectivity index (χ4n) is 6.02. The van der Waals surface area contributed by atoms with Gasteiger partial charge in [0.2, 0.25) is 0 Å². The van der Waals surface area contributed by atoms with Crippen LogP contribution in [0, 0.1) is 5.92 Å². The first-order chi connectivity index (χ1) is 19.0. The van der Waals surface area contributed by atoms with Crippen molar-refractivity contribution in [3.05, 3.63) is 82.3 Å². The molecule has 2 aromatic carbocycles. The molecule has 4 nitrogen and oxygen atoms in total. The molecule has 40 heavy (non-hydrogen) atoms. The smallest absolute Gasteiger partial charge is 0.572 e. The highest BCUT2D eigenvalue weighted by atomic mass is 19.3. The molecule has 0 amide bonds. The van der Waals surface area contributed by atoms with E-state index in [4.69, 9.17) is 18.0 Å². The quantitative estimate of drug-likeness (QED) is 0.176. The standard InChI is InChI=1S/C30H34B2F4O4/c1-5-8-19(4)30-26-15-20(28-17-22(9-6-2)37-31(33,34)39-28)11-13-24(26)25-14-12-21(16-27(25)30)29-18-23(10-7-3)38-32(35,36)40-29/h11-19,30H,5-10H2,1-4H3. The highest BCUT2D eigenvalue weighted by molar-refractivity contribution is 6.51. The average Bonchev–Trinajstić information content (AvgIpc) is 3.20. The Kier molecular flexibility index (Phi) is 7.73. The zero-order chi connectivity index (χ0) is 28.7. The van der Waals surface area contributed by atoms with Gasteiger partial charge in [-0.15, -0.1) is 0 Å². The number of benzene rings is 2. The number of halogens is 4. The molecule has 0 fully saturated rings. The normalized spacial score (nSPS) is 19.8. The molecular weight excluding hydrogens is 522 g/mol. The molecule has 2 aromatic rings. The van der Waals surface area contributed by atoms with E-state index in [-0.39, 0.29) is 34.9 Å². The van der Waals surface area contributed by atoms with Gasteiger partial charge in [-0.1, -0.05) is 52.7 Å². The lowest BCUT2D eigenvalue weighted by Gasteiger charge is -2.23. The topological polar surface area (TPSA) is 41.1 Å². The molecule has 1 unspecified atom stereocenters. The van der Waals surface area contributed by atoms with Gasteiger partial charge in [0.25, 0.3) is 11.6 Å². The monoisotopic (exact) mass is 556 g/mol. The highest BCUT2D eigenvalue weighted by Crippen LogP contribution is 2.50. The lowest BCUT2D eigenvalue weighted by molar-refractivity contribution is -0.191. The van der Waals surface area contributed by atoms with E-state index >= 15 is 0 Å². The van der Waals surface area contributed by atoms with E-state index in [1.54, 1.807) is 24.3 Å². The molecule has 1 atom stereocenters. The van der Waals surface area contributed by atoms with E-state index in [9.17, 15) is 17.3 Å². The molecule has 2 heterocycles. The maximum atomic E-state index is 14.3. The first-order valence-corrected chi connectivity index (χ1v) is 14.2. The number of ketones is 2. The lowest BCUT2D eigenvalue weighted by Crippen LogP contribution is -2.31. The minimum atomic E-state index is -4.45. The molecule has 0 bridgehead atoms. The number of hydrogen-bond acceptors (Lipinski definition) is 2. The summed E-state index contributed by atoms with van der Waals surface area (Å²) in [5.41, 5.74) is 5.10. The van der Waals surface area contributed by atoms with Gasteiger partial charge >= 0.3 is 14.2 Å². The van der Waals surface area contributed by atoms with Crippen molar-refractivity contribution in [3.63, 3.8) is 0 Å². The second-order valence-electron chi connectivity index (χ2n) is 10.8.